The summed E-state index contributed by atoms with van der Waals surface area (Å²) in [5, 5.41) is 2.69. The molecule has 3 aromatic rings. The SMILES string of the molecule is Cc1csc(C(Br)Cc2ccccc2C(F)(F)F)n1.Fc1ccccc1. The highest BCUT2D eigenvalue weighted by atomic mass is 79.9. The Kier molecular flexibility index (Phi) is 7.34. The number of aryl methyl sites for hydroxylation is 1. The second kappa shape index (κ2) is 9.28. The van der Waals surface area contributed by atoms with Crippen LogP contribution in [0, 0.1) is 12.7 Å². The molecule has 0 saturated carbocycles. The van der Waals surface area contributed by atoms with Crippen molar-refractivity contribution >= 4 is 27.3 Å². The zero-order valence-corrected chi connectivity index (χ0v) is 16.2. The Balaban J connectivity index is 0.000000290. The minimum atomic E-state index is -4.32. The summed E-state index contributed by atoms with van der Waals surface area (Å²) < 4.78 is 50.5. The van der Waals surface area contributed by atoms with E-state index in [4.69, 9.17) is 0 Å². The van der Waals surface area contributed by atoms with Gasteiger partial charge in [-0.05, 0) is 37.1 Å². The Morgan fingerprint density at radius 1 is 1.04 bits per heavy atom. The molecule has 0 saturated heterocycles. The lowest BCUT2D eigenvalue weighted by molar-refractivity contribution is -0.138. The number of hydrogen-bond donors (Lipinski definition) is 0. The monoisotopic (exact) mass is 445 g/mol. The van der Waals surface area contributed by atoms with Crippen LogP contribution < -0.4 is 0 Å². The predicted molar refractivity (Wildman–Crippen MR) is 100 cm³/mol. The van der Waals surface area contributed by atoms with Gasteiger partial charge < -0.3 is 0 Å². The molecule has 1 atom stereocenters. The molecule has 1 aromatic heterocycles. The molecule has 2 aromatic carbocycles. The second-order valence-electron chi connectivity index (χ2n) is 5.45. The molecule has 26 heavy (non-hydrogen) atoms. The van der Waals surface area contributed by atoms with E-state index in [1.165, 1.54) is 35.6 Å². The van der Waals surface area contributed by atoms with E-state index in [2.05, 4.69) is 20.9 Å². The molecule has 7 heteroatoms. The summed E-state index contributed by atoms with van der Waals surface area (Å²) in [5.74, 6) is -0.178. The van der Waals surface area contributed by atoms with Gasteiger partial charge in [0.1, 0.15) is 10.8 Å². The van der Waals surface area contributed by atoms with E-state index >= 15 is 0 Å². The van der Waals surface area contributed by atoms with Crippen LogP contribution in [-0.4, -0.2) is 4.98 Å². The lowest BCUT2D eigenvalue weighted by Gasteiger charge is -2.14. The quantitative estimate of drug-likeness (QED) is 0.313. The van der Waals surface area contributed by atoms with Crippen molar-refractivity contribution in [1.29, 1.82) is 0 Å². The first-order chi connectivity index (χ1) is 12.3. The zero-order valence-electron chi connectivity index (χ0n) is 13.8. The van der Waals surface area contributed by atoms with Crippen molar-refractivity contribution in [2.24, 2.45) is 0 Å². The van der Waals surface area contributed by atoms with Crippen LogP contribution in [0.4, 0.5) is 17.6 Å². The molecule has 0 spiro atoms. The van der Waals surface area contributed by atoms with Crippen molar-refractivity contribution < 1.29 is 17.6 Å². The number of nitrogens with zero attached hydrogens (tertiary/aromatic N) is 1. The highest BCUT2D eigenvalue weighted by Crippen LogP contribution is 2.36. The second-order valence-corrected chi connectivity index (χ2v) is 7.44. The van der Waals surface area contributed by atoms with Gasteiger partial charge in [0.05, 0.1) is 10.4 Å². The van der Waals surface area contributed by atoms with Gasteiger partial charge in [0.15, 0.2) is 0 Å². The van der Waals surface area contributed by atoms with Crippen LogP contribution in [0.3, 0.4) is 0 Å². The van der Waals surface area contributed by atoms with Gasteiger partial charge in [-0.1, -0.05) is 52.3 Å². The first-order valence-corrected chi connectivity index (χ1v) is 9.48. The van der Waals surface area contributed by atoms with Gasteiger partial charge in [-0.25, -0.2) is 9.37 Å². The van der Waals surface area contributed by atoms with Crippen LogP contribution >= 0.6 is 27.3 Å². The van der Waals surface area contributed by atoms with Gasteiger partial charge in [-0.15, -0.1) is 11.3 Å². The highest BCUT2D eigenvalue weighted by molar-refractivity contribution is 9.09. The lowest BCUT2D eigenvalue weighted by Crippen LogP contribution is -2.10. The molecule has 1 nitrogen and oxygen atoms in total. The van der Waals surface area contributed by atoms with E-state index in [0.29, 0.717) is 0 Å². The number of benzene rings is 2. The van der Waals surface area contributed by atoms with Crippen molar-refractivity contribution in [2.75, 3.05) is 0 Å². The molecule has 0 radical (unpaired) electrons. The van der Waals surface area contributed by atoms with E-state index in [1.807, 2.05) is 12.3 Å². The molecule has 0 N–H and O–H groups in total. The minimum absolute atomic E-state index is 0.178. The van der Waals surface area contributed by atoms with Crippen molar-refractivity contribution in [3.63, 3.8) is 0 Å². The maximum Gasteiger partial charge on any atom is 0.416 e. The minimum Gasteiger partial charge on any atom is -0.245 e. The molecule has 0 amide bonds. The first-order valence-electron chi connectivity index (χ1n) is 7.69. The van der Waals surface area contributed by atoms with Crippen LogP contribution in [0.5, 0.6) is 0 Å². The summed E-state index contributed by atoms with van der Waals surface area (Å²) in [6.45, 7) is 1.86. The van der Waals surface area contributed by atoms with Crippen LogP contribution in [0.2, 0.25) is 0 Å². The molecule has 0 aliphatic rings. The topological polar surface area (TPSA) is 12.9 Å². The Bertz CT molecular complexity index is 818. The fourth-order valence-electron chi connectivity index (χ4n) is 2.19. The number of alkyl halides is 4. The molecule has 138 valence electrons. The molecule has 0 aliphatic heterocycles. The summed E-state index contributed by atoms with van der Waals surface area (Å²) >= 11 is 4.87. The van der Waals surface area contributed by atoms with Gasteiger partial charge in [0.2, 0.25) is 0 Å². The van der Waals surface area contributed by atoms with Gasteiger partial charge in [0, 0.05) is 11.1 Å². The van der Waals surface area contributed by atoms with Crippen molar-refractivity contribution in [3.05, 3.63) is 87.6 Å². The van der Waals surface area contributed by atoms with Crippen molar-refractivity contribution in [2.45, 2.75) is 24.3 Å². The maximum absolute atomic E-state index is 12.9. The van der Waals surface area contributed by atoms with Crippen LogP contribution in [0.15, 0.2) is 60.0 Å². The van der Waals surface area contributed by atoms with Crippen LogP contribution in [0.25, 0.3) is 0 Å². The first kappa shape index (κ1) is 20.6. The summed E-state index contributed by atoms with van der Waals surface area (Å²) in [6, 6.07) is 13.6. The van der Waals surface area contributed by atoms with Gasteiger partial charge in [-0.2, -0.15) is 13.2 Å². The molecule has 0 bridgehead atoms. The number of aromatic nitrogens is 1. The summed E-state index contributed by atoms with van der Waals surface area (Å²) in [5.41, 5.74) is 0.589. The Morgan fingerprint density at radius 2 is 1.65 bits per heavy atom. The summed E-state index contributed by atoms with van der Waals surface area (Å²) in [7, 11) is 0. The number of thiazole rings is 1. The summed E-state index contributed by atoms with van der Waals surface area (Å²) in [6.07, 6.45) is -4.05. The third-order valence-corrected chi connectivity index (χ3v) is 5.50. The highest BCUT2D eigenvalue weighted by Gasteiger charge is 2.33. The third kappa shape index (κ3) is 6.21. The fourth-order valence-corrected chi connectivity index (χ4v) is 3.73. The van der Waals surface area contributed by atoms with Gasteiger partial charge >= 0.3 is 6.18 Å². The molecule has 1 heterocycles. The average molecular weight is 446 g/mol. The smallest absolute Gasteiger partial charge is 0.245 e. The Labute approximate surface area is 161 Å². The molecular formula is C19H16BrF4NS. The Hall–Kier alpha value is -1.73. The van der Waals surface area contributed by atoms with E-state index in [1.54, 1.807) is 24.3 Å². The van der Waals surface area contributed by atoms with Crippen molar-refractivity contribution in [3.8, 4) is 0 Å². The van der Waals surface area contributed by atoms with Gasteiger partial charge in [0.25, 0.3) is 0 Å². The van der Waals surface area contributed by atoms with Crippen LogP contribution in [0.1, 0.15) is 26.7 Å². The number of halogens is 5. The lowest BCUT2D eigenvalue weighted by atomic mass is 10.0. The average Bonchev–Trinajstić information content (AvgIpc) is 3.02. The van der Waals surface area contributed by atoms with Gasteiger partial charge in [-0.3, -0.25) is 0 Å². The van der Waals surface area contributed by atoms with E-state index < -0.39 is 11.7 Å². The molecule has 3 rings (SSSR count). The maximum atomic E-state index is 12.9. The third-order valence-electron chi connectivity index (χ3n) is 3.36. The molecule has 0 aliphatic carbocycles. The van der Waals surface area contributed by atoms with E-state index in [-0.39, 0.29) is 22.6 Å². The summed E-state index contributed by atoms with van der Waals surface area (Å²) in [4.78, 5) is 4.09. The zero-order chi connectivity index (χ0) is 19.2. The van der Waals surface area contributed by atoms with E-state index in [9.17, 15) is 17.6 Å². The van der Waals surface area contributed by atoms with E-state index in [0.717, 1.165) is 16.8 Å². The van der Waals surface area contributed by atoms with Crippen LogP contribution in [-0.2, 0) is 12.6 Å². The number of hydrogen-bond acceptors (Lipinski definition) is 2. The van der Waals surface area contributed by atoms with Crippen molar-refractivity contribution in [1.82, 2.24) is 4.98 Å². The predicted octanol–water partition coefficient (Wildman–Crippen LogP) is 6.97. The number of rotatable bonds is 3. The normalized spacial score (nSPS) is 12.2. The fraction of sp³-hybridized carbons (Fsp3) is 0.211. The standard InChI is InChI=1S/C13H11BrF3NS.C6H5F/c1-8-7-19-12(18-8)11(14)6-9-4-2-3-5-10(9)13(15,16)17;7-6-4-2-1-3-5-6/h2-5,7,11H,6H2,1H3;1-5H. The molecule has 1 unspecified atom stereocenters. The largest absolute Gasteiger partial charge is 0.416 e. The molecular weight excluding hydrogens is 430 g/mol. The molecule has 0 fully saturated rings. The Morgan fingerprint density at radius 3 is 2.15 bits per heavy atom.